The van der Waals surface area contributed by atoms with Crippen molar-refractivity contribution in [2.24, 2.45) is 0 Å². The van der Waals surface area contributed by atoms with Gasteiger partial charge in [-0.15, -0.1) is 0 Å². The first-order valence-electron chi connectivity index (χ1n) is 6.82. The Morgan fingerprint density at radius 1 is 1.35 bits per heavy atom. The van der Waals surface area contributed by atoms with E-state index in [0.29, 0.717) is 19.4 Å². The molecule has 1 heterocycles. The highest BCUT2D eigenvalue weighted by atomic mass is 19.4. The van der Waals surface area contributed by atoms with E-state index in [1.807, 2.05) is 13.8 Å². The second kappa shape index (κ2) is 7.08. The molecule has 116 valence electrons. The van der Waals surface area contributed by atoms with Gasteiger partial charge in [-0.2, -0.15) is 18.3 Å². The summed E-state index contributed by atoms with van der Waals surface area (Å²) in [5.41, 5.74) is -1.08. The van der Waals surface area contributed by atoms with Gasteiger partial charge in [0.15, 0.2) is 0 Å². The molecular formula is C13H22F3N3O. The maximum absolute atomic E-state index is 12.4. The molecule has 1 unspecified atom stereocenters. The average Bonchev–Trinajstić information content (AvgIpc) is 2.86. The lowest BCUT2D eigenvalue weighted by atomic mass is 9.91. The van der Waals surface area contributed by atoms with Crippen LogP contribution in [0.25, 0.3) is 0 Å². The first kappa shape index (κ1) is 17.0. The molecule has 0 radical (unpaired) electrons. The van der Waals surface area contributed by atoms with Gasteiger partial charge in [-0.25, -0.2) is 0 Å². The van der Waals surface area contributed by atoms with E-state index in [4.69, 9.17) is 0 Å². The lowest BCUT2D eigenvalue weighted by molar-refractivity contribution is -0.137. The quantitative estimate of drug-likeness (QED) is 0.774. The van der Waals surface area contributed by atoms with Crippen LogP contribution in [0.2, 0.25) is 0 Å². The van der Waals surface area contributed by atoms with E-state index in [-0.39, 0.29) is 12.1 Å². The van der Waals surface area contributed by atoms with Gasteiger partial charge >= 0.3 is 6.18 Å². The molecule has 7 heteroatoms. The lowest BCUT2D eigenvalue weighted by Crippen LogP contribution is -2.48. The Kier molecular flexibility index (Phi) is 6.01. The lowest BCUT2D eigenvalue weighted by Gasteiger charge is -2.31. The first-order valence-corrected chi connectivity index (χ1v) is 6.82. The smallest absolute Gasteiger partial charge is 0.394 e. The van der Waals surface area contributed by atoms with Crippen LogP contribution in [0.5, 0.6) is 0 Å². The van der Waals surface area contributed by atoms with Crippen LogP contribution in [0.15, 0.2) is 12.4 Å². The molecule has 0 bridgehead atoms. The number of nitrogens with zero attached hydrogens (tertiary/aromatic N) is 2. The summed E-state index contributed by atoms with van der Waals surface area (Å²) in [5.74, 6) is 0. The number of aliphatic hydroxyl groups is 1. The number of halogens is 3. The fourth-order valence-electron chi connectivity index (χ4n) is 2.22. The molecule has 0 aromatic carbocycles. The van der Waals surface area contributed by atoms with E-state index in [2.05, 4.69) is 10.4 Å². The summed E-state index contributed by atoms with van der Waals surface area (Å²) in [7, 11) is 0. The predicted molar refractivity (Wildman–Crippen MR) is 70.2 cm³/mol. The average molecular weight is 293 g/mol. The van der Waals surface area contributed by atoms with Crippen molar-refractivity contribution in [3.05, 3.63) is 18.0 Å². The molecular weight excluding hydrogens is 271 g/mol. The van der Waals surface area contributed by atoms with E-state index in [1.54, 1.807) is 0 Å². The fourth-order valence-corrected chi connectivity index (χ4v) is 2.22. The standard InChI is InChI=1S/C13H22F3N3O/c1-3-12(10-20,17-4-2)6-5-7-19-9-11(8-18-19)13(14,15)16/h8-9,17,20H,3-7,10H2,1-2H3. The van der Waals surface area contributed by atoms with Crippen LogP contribution in [-0.2, 0) is 12.7 Å². The van der Waals surface area contributed by atoms with Gasteiger partial charge in [-0.3, -0.25) is 4.68 Å². The van der Waals surface area contributed by atoms with Gasteiger partial charge in [0, 0.05) is 18.3 Å². The van der Waals surface area contributed by atoms with E-state index >= 15 is 0 Å². The van der Waals surface area contributed by atoms with Crippen molar-refractivity contribution >= 4 is 0 Å². The minimum Gasteiger partial charge on any atom is -0.394 e. The molecule has 1 atom stereocenters. The number of nitrogens with one attached hydrogen (secondary N) is 1. The molecule has 4 nitrogen and oxygen atoms in total. The Balaban J connectivity index is 2.53. The molecule has 0 saturated carbocycles. The van der Waals surface area contributed by atoms with E-state index < -0.39 is 11.7 Å². The number of aryl methyl sites for hydroxylation is 1. The Morgan fingerprint density at radius 2 is 2.05 bits per heavy atom. The Morgan fingerprint density at radius 3 is 2.50 bits per heavy atom. The van der Waals surface area contributed by atoms with Crippen molar-refractivity contribution in [3.63, 3.8) is 0 Å². The normalized spacial score (nSPS) is 15.3. The molecule has 0 fully saturated rings. The van der Waals surface area contributed by atoms with Crippen molar-refractivity contribution < 1.29 is 18.3 Å². The van der Waals surface area contributed by atoms with Gasteiger partial charge in [0.05, 0.1) is 18.4 Å². The molecule has 20 heavy (non-hydrogen) atoms. The molecule has 1 aromatic rings. The molecule has 0 saturated heterocycles. The number of aromatic nitrogens is 2. The van der Waals surface area contributed by atoms with Gasteiger partial charge in [0.1, 0.15) is 0 Å². The maximum Gasteiger partial charge on any atom is 0.419 e. The second-order valence-electron chi connectivity index (χ2n) is 4.92. The minimum atomic E-state index is -4.35. The van der Waals surface area contributed by atoms with Crippen LogP contribution in [-0.4, -0.2) is 33.6 Å². The van der Waals surface area contributed by atoms with E-state index in [1.165, 1.54) is 4.68 Å². The predicted octanol–water partition coefficient (Wildman–Crippen LogP) is 2.43. The zero-order valence-electron chi connectivity index (χ0n) is 11.9. The number of alkyl halides is 3. The van der Waals surface area contributed by atoms with Crippen molar-refractivity contribution in [2.75, 3.05) is 13.2 Å². The van der Waals surface area contributed by atoms with Gasteiger partial charge in [0.25, 0.3) is 0 Å². The Hall–Kier alpha value is -1.08. The van der Waals surface area contributed by atoms with Crippen LogP contribution < -0.4 is 5.32 Å². The Labute approximate surface area is 117 Å². The van der Waals surface area contributed by atoms with Crippen LogP contribution in [0, 0.1) is 0 Å². The molecule has 1 rings (SSSR count). The highest BCUT2D eigenvalue weighted by Gasteiger charge is 2.32. The molecule has 0 aliphatic heterocycles. The number of hydrogen-bond donors (Lipinski definition) is 2. The minimum absolute atomic E-state index is 0.0181. The van der Waals surface area contributed by atoms with Crippen molar-refractivity contribution in [3.8, 4) is 0 Å². The summed E-state index contributed by atoms with van der Waals surface area (Å²) in [6.07, 6.45) is -0.386. The third-order valence-electron chi connectivity index (χ3n) is 3.53. The largest absolute Gasteiger partial charge is 0.419 e. The zero-order chi connectivity index (χ0) is 15.2. The third-order valence-corrected chi connectivity index (χ3v) is 3.53. The number of aliphatic hydroxyl groups excluding tert-OH is 1. The SMILES string of the molecule is CCNC(CC)(CO)CCCn1cc(C(F)(F)F)cn1. The monoisotopic (exact) mass is 293 g/mol. The van der Waals surface area contributed by atoms with Crippen molar-refractivity contribution in [1.82, 2.24) is 15.1 Å². The Bertz CT molecular complexity index is 400. The fraction of sp³-hybridized carbons (Fsp3) is 0.769. The van der Waals surface area contributed by atoms with Gasteiger partial charge < -0.3 is 10.4 Å². The summed E-state index contributed by atoms with van der Waals surface area (Å²) in [6, 6.07) is 0. The summed E-state index contributed by atoms with van der Waals surface area (Å²) in [5, 5.41) is 16.4. The molecule has 0 aliphatic rings. The van der Waals surface area contributed by atoms with E-state index in [0.717, 1.165) is 25.4 Å². The van der Waals surface area contributed by atoms with Crippen molar-refractivity contribution in [2.45, 2.75) is 51.4 Å². The van der Waals surface area contributed by atoms with Crippen LogP contribution in [0.4, 0.5) is 13.2 Å². The summed E-state index contributed by atoms with van der Waals surface area (Å²) in [4.78, 5) is 0. The zero-order valence-corrected chi connectivity index (χ0v) is 11.9. The van der Waals surface area contributed by atoms with Crippen LogP contribution in [0.1, 0.15) is 38.7 Å². The van der Waals surface area contributed by atoms with Crippen LogP contribution >= 0.6 is 0 Å². The summed E-state index contributed by atoms with van der Waals surface area (Å²) in [6.45, 7) is 5.11. The van der Waals surface area contributed by atoms with Gasteiger partial charge in [0.2, 0.25) is 0 Å². The van der Waals surface area contributed by atoms with Crippen molar-refractivity contribution in [1.29, 1.82) is 0 Å². The maximum atomic E-state index is 12.4. The van der Waals surface area contributed by atoms with E-state index in [9.17, 15) is 18.3 Å². The molecule has 0 spiro atoms. The second-order valence-corrected chi connectivity index (χ2v) is 4.92. The number of hydrogen-bond acceptors (Lipinski definition) is 3. The first-order chi connectivity index (χ1) is 9.37. The van der Waals surface area contributed by atoms with Gasteiger partial charge in [-0.05, 0) is 25.8 Å². The van der Waals surface area contributed by atoms with Crippen LogP contribution in [0.3, 0.4) is 0 Å². The molecule has 2 N–H and O–H groups in total. The molecule has 1 aromatic heterocycles. The summed E-state index contributed by atoms with van der Waals surface area (Å²) >= 11 is 0. The third kappa shape index (κ3) is 4.49. The topological polar surface area (TPSA) is 50.1 Å². The highest BCUT2D eigenvalue weighted by Crippen LogP contribution is 2.28. The molecule has 0 aliphatic carbocycles. The summed E-state index contributed by atoms with van der Waals surface area (Å²) < 4.78 is 38.6. The highest BCUT2D eigenvalue weighted by molar-refractivity contribution is 5.08. The number of rotatable bonds is 8. The number of likely N-dealkylation sites (N-methyl/N-ethyl adjacent to an activating group) is 1. The van der Waals surface area contributed by atoms with Gasteiger partial charge in [-0.1, -0.05) is 13.8 Å². The molecule has 0 amide bonds.